The summed E-state index contributed by atoms with van der Waals surface area (Å²) in [5.41, 5.74) is 8.13. The summed E-state index contributed by atoms with van der Waals surface area (Å²) in [6.45, 7) is 3.41. The normalized spacial score (nSPS) is 14.5. The first kappa shape index (κ1) is 12.5. The average molecular weight is 277 g/mol. The molecule has 2 aromatic rings. The van der Waals surface area contributed by atoms with E-state index in [1.165, 1.54) is 11.3 Å². The molecule has 0 spiro atoms. The maximum Gasteiger partial charge on any atom is 0.128 e. The molecule has 0 radical (unpaired) electrons. The summed E-state index contributed by atoms with van der Waals surface area (Å²) in [4.78, 5) is 6.73. The van der Waals surface area contributed by atoms with Crippen LogP contribution in [-0.2, 0) is 19.5 Å². The molecule has 19 heavy (non-hydrogen) atoms. The number of anilines is 1. The second kappa shape index (κ2) is 5.23. The van der Waals surface area contributed by atoms with E-state index < -0.39 is 0 Å². The molecule has 5 heteroatoms. The van der Waals surface area contributed by atoms with Gasteiger partial charge in [-0.05, 0) is 30.7 Å². The molecule has 1 aromatic carbocycles. The molecule has 1 aliphatic heterocycles. The van der Waals surface area contributed by atoms with Crippen molar-refractivity contribution in [2.75, 3.05) is 18.0 Å². The largest absolute Gasteiger partial charge is 0.362 e. The van der Waals surface area contributed by atoms with Gasteiger partial charge in [0.15, 0.2) is 0 Å². The lowest BCUT2D eigenvalue weighted by Gasteiger charge is -2.31. The summed E-state index contributed by atoms with van der Waals surface area (Å²) in [7, 11) is 0. The van der Waals surface area contributed by atoms with Gasteiger partial charge in [0.1, 0.15) is 5.82 Å². The van der Waals surface area contributed by atoms with Crippen LogP contribution in [0.4, 0.5) is 5.69 Å². The number of nitrogens with two attached hydrogens (primary N) is 1. The van der Waals surface area contributed by atoms with Gasteiger partial charge in [-0.3, -0.25) is 0 Å². The molecule has 0 atom stereocenters. The van der Waals surface area contributed by atoms with E-state index >= 15 is 0 Å². The molecule has 0 amide bonds. The Morgan fingerprint density at radius 2 is 2.21 bits per heavy atom. The van der Waals surface area contributed by atoms with E-state index in [0.29, 0.717) is 6.54 Å². The van der Waals surface area contributed by atoms with Gasteiger partial charge in [-0.2, -0.15) is 0 Å². The lowest BCUT2D eigenvalue weighted by Crippen LogP contribution is -2.34. The summed E-state index contributed by atoms with van der Waals surface area (Å²) in [5.74, 6) is 1.10. The molecule has 3 rings (SSSR count). The first-order chi connectivity index (χ1) is 9.28. The monoisotopic (exact) mass is 276 g/mol. The molecular formula is C14H17ClN4. The molecule has 4 nitrogen and oxygen atoms in total. The fourth-order valence-electron chi connectivity index (χ4n) is 2.58. The van der Waals surface area contributed by atoms with Gasteiger partial charge < -0.3 is 15.2 Å². The van der Waals surface area contributed by atoms with E-state index in [-0.39, 0.29) is 0 Å². The van der Waals surface area contributed by atoms with Crippen molar-refractivity contribution in [3.8, 4) is 0 Å². The quantitative estimate of drug-likeness (QED) is 0.933. The maximum atomic E-state index is 6.14. The van der Waals surface area contributed by atoms with Crippen LogP contribution < -0.4 is 10.6 Å². The van der Waals surface area contributed by atoms with Gasteiger partial charge >= 0.3 is 0 Å². The predicted octanol–water partition coefficient (Wildman–Crippen LogP) is 2.06. The van der Waals surface area contributed by atoms with Crippen LogP contribution in [0.1, 0.15) is 11.4 Å². The Morgan fingerprint density at radius 1 is 1.32 bits per heavy atom. The van der Waals surface area contributed by atoms with Crippen molar-refractivity contribution in [3.05, 3.63) is 47.0 Å². The Hall–Kier alpha value is -1.52. The Kier molecular flexibility index (Phi) is 3.44. The standard InChI is InChI=1S/C14H17ClN4/c15-12-2-1-11(3-4-16)13(9-12)19-8-7-18-6-5-17-14(18)10-19/h1-2,5-6,9H,3-4,7-8,10,16H2. The smallest absolute Gasteiger partial charge is 0.128 e. The minimum absolute atomic E-state index is 0.650. The Labute approximate surface area is 117 Å². The van der Waals surface area contributed by atoms with E-state index in [1.807, 2.05) is 24.5 Å². The number of imidazole rings is 1. The lowest BCUT2D eigenvalue weighted by atomic mass is 10.1. The molecule has 100 valence electrons. The number of hydrogen-bond donors (Lipinski definition) is 1. The number of fused-ring (bicyclic) bond motifs is 1. The van der Waals surface area contributed by atoms with Crippen LogP contribution in [0.3, 0.4) is 0 Å². The average Bonchev–Trinajstić information content (AvgIpc) is 2.88. The second-order valence-electron chi connectivity index (χ2n) is 4.77. The van der Waals surface area contributed by atoms with Gasteiger partial charge in [-0.1, -0.05) is 17.7 Å². The molecule has 1 aromatic heterocycles. The van der Waals surface area contributed by atoms with Crippen LogP contribution in [0.2, 0.25) is 5.02 Å². The van der Waals surface area contributed by atoms with Gasteiger partial charge in [0.25, 0.3) is 0 Å². The van der Waals surface area contributed by atoms with Crippen molar-refractivity contribution in [2.24, 2.45) is 5.73 Å². The van der Waals surface area contributed by atoms with Crippen molar-refractivity contribution in [1.29, 1.82) is 0 Å². The van der Waals surface area contributed by atoms with Crippen LogP contribution in [0, 0.1) is 0 Å². The molecule has 0 saturated heterocycles. The predicted molar refractivity (Wildman–Crippen MR) is 77.5 cm³/mol. The molecule has 2 heterocycles. The highest BCUT2D eigenvalue weighted by Crippen LogP contribution is 2.28. The second-order valence-corrected chi connectivity index (χ2v) is 5.21. The number of rotatable bonds is 3. The van der Waals surface area contributed by atoms with Crippen LogP contribution in [0.15, 0.2) is 30.6 Å². The van der Waals surface area contributed by atoms with Gasteiger partial charge in [-0.15, -0.1) is 0 Å². The fraction of sp³-hybridized carbons (Fsp3) is 0.357. The van der Waals surface area contributed by atoms with E-state index in [4.69, 9.17) is 17.3 Å². The van der Waals surface area contributed by atoms with Crippen molar-refractivity contribution >= 4 is 17.3 Å². The summed E-state index contributed by atoms with van der Waals surface area (Å²) in [6.07, 6.45) is 4.76. The molecule has 1 aliphatic rings. The third-order valence-electron chi connectivity index (χ3n) is 3.55. The minimum atomic E-state index is 0.650. The Morgan fingerprint density at radius 3 is 3.05 bits per heavy atom. The van der Waals surface area contributed by atoms with Gasteiger partial charge in [-0.25, -0.2) is 4.98 Å². The number of nitrogens with zero attached hydrogens (tertiary/aromatic N) is 3. The van der Waals surface area contributed by atoms with E-state index in [0.717, 1.165) is 36.9 Å². The van der Waals surface area contributed by atoms with Gasteiger partial charge in [0, 0.05) is 36.2 Å². The van der Waals surface area contributed by atoms with Crippen molar-refractivity contribution in [3.63, 3.8) is 0 Å². The van der Waals surface area contributed by atoms with Crippen molar-refractivity contribution in [2.45, 2.75) is 19.5 Å². The molecular weight excluding hydrogens is 260 g/mol. The molecule has 2 N–H and O–H groups in total. The highest BCUT2D eigenvalue weighted by Gasteiger charge is 2.19. The van der Waals surface area contributed by atoms with Crippen molar-refractivity contribution < 1.29 is 0 Å². The topological polar surface area (TPSA) is 47.1 Å². The maximum absolute atomic E-state index is 6.14. The number of halogens is 1. The third-order valence-corrected chi connectivity index (χ3v) is 3.78. The third kappa shape index (κ3) is 2.46. The summed E-state index contributed by atoms with van der Waals surface area (Å²) in [6, 6.07) is 6.04. The number of benzene rings is 1. The van der Waals surface area contributed by atoms with E-state index in [2.05, 4.69) is 20.5 Å². The number of aromatic nitrogens is 2. The first-order valence-electron chi connectivity index (χ1n) is 6.51. The molecule has 0 unspecified atom stereocenters. The first-order valence-corrected chi connectivity index (χ1v) is 6.89. The SMILES string of the molecule is NCCc1ccc(Cl)cc1N1CCn2ccnc2C1. The zero-order valence-electron chi connectivity index (χ0n) is 10.7. The summed E-state index contributed by atoms with van der Waals surface area (Å²) < 4.78 is 2.20. The Bertz CT molecular complexity index is 579. The highest BCUT2D eigenvalue weighted by molar-refractivity contribution is 6.30. The Balaban J connectivity index is 1.92. The van der Waals surface area contributed by atoms with Crippen molar-refractivity contribution in [1.82, 2.24) is 9.55 Å². The van der Waals surface area contributed by atoms with E-state index in [1.54, 1.807) is 0 Å². The van der Waals surface area contributed by atoms with Gasteiger partial charge in [0.2, 0.25) is 0 Å². The summed E-state index contributed by atoms with van der Waals surface area (Å²) >= 11 is 6.14. The number of hydrogen-bond acceptors (Lipinski definition) is 3. The fourth-order valence-corrected chi connectivity index (χ4v) is 2.74. The molecule has 0 aliphatic carbocycles. The molecule has 0 fully saturated rings. The van der Waals surface area contributed by atoms with Crippen LogP contribution in [0.5, 0.6) is 0 Å². The van der Waals surface area contributed by atoms with E-state index in [9.17, 15) is 0 Å². The lowest BCUT2D eigenvalue weighted by molar-refractivity contribution is 0.559. The molecule has 0 bridgehead atoms. The van der Waals surface area contributed by atoms with Crippen LogP contribution in [0.25, 0.3) is 0 Å². The summed E-state index contributed by atoms with van der Waals surface area (Å²) in [5, 5.41) is 0.768. The highest BCUT2D eigenvalue weighted by atomic mass is 35.5. The van der Waals surface area contributed by atoms with Crippen LogP contribution in [-0.4, -0.2) is 22.6 Å². The van der Waals surface area contributed by atoms with Gasteiger partial charge in [0.05, 0.1) is 6.54 Å². The zero-order valence-corrected chi connectivity index (χ0v) is 11.5. The van der Waals surface area contributed by atoms with Crippen LogP contribution >= 0.6 is 11.6 Å². The molecule has 0 saturated carbocycles. The zero-order chi connectivity index (χ0) is 13.2. The minimum Gasteiger partial charge on any atom is -0.362 e.